The number of amides is 2. The number of aromatic nitrogens is 2. The number of aliphatic carboxylic acids is 1. The number of carboxylic acids is 1. The van der Waals surface area contributed by atoms with Gasteiger partial charge in [0.05, 0.1) is 18.2 Å². The second kappa shape index (κ2) is 19.1. The summed E-state index contributed by atoms with van der Waals surface area (Å²) in [6.45, 7) is 8.84. The normalized spacial score (nSPS) is 21.6. The Labute approximate surface area is 316 Å². The largest absolute Gasteiger partial charge is 0.481 e. The van der Waals surface area contributed by atoms with Gasteiger partial charge < -0.3 is 15.3 Å². The van der Waals surface area contributed by atoms with Crippen molar-refractivity contribution in [2.24, 2.45) is 41.4 Å². The molecule has 2 heterocycles. The van der Waals surface area contributed by atoms with Gasteiger partial charge in [0.25, 0.3) is 0 Å². The van der Waals surface area contributed by atoms with Crippen LogP contribution < -0.4 is 5.32 Å². The smallest absolute Gasteiger partial charge is 0.307 e. The van der Waals surface area contributed by atoms with E-state index in [9.17, 15) is 38.7 Å². The Morgan fingerprint density at radius 1 is 0.907 bits per heavy atom. The first kappa shape index (κ1) is 42.1. The number of hydrogen-bond acceptors (Lipinski definition) is 9. The molecule has 13 heteroatoms. The summed E-state index contributed by atoms with van der Waals surface area (Å²) in [5.74, 6) is -9.58. The Hall–Kier alpha value is -4.68. The van der Waals surface area contributed by atoms with Gasteiger partial charge in [0.15, 0.2) is 17.3 Å². The molecule has 1 aromatic carbocycles. The predicted octanol–water partition coefficient (Wildman–Crippen LogP) is 4.88. The molecule has 1 aliphatic heterocycles. The third-order valence-corrected chi connectivity index (χ3v) is 11.0. The highest BCUT2D eigenvalue weighted by atomic mass is 19.1. The Kier molecular flexibility index (Phi) is 14.9. The summed E-state index contributed by atoms with van der Waals surface area (Å²) in [6, 6.07) is 6.63. The number of halogens is 1. The summed E-state index contributed by atoms with van der Waals surface area (Å²) in [7, 11) is 0. The molecule has 1 aromatic heterocycles. The molecular formula is C41H53FN4O8. The van der Waals surface area contributed by atoms with Crippen LogP contribution in [0.3, 0.4) is 0 Å². The molecule has 292 valence electrons. The average Bonchev–Trinajstić information content (AvgIpc) is 3.71. The van der Waals surface area contributed by atoms with Gasteiger partial charge in [0.1, 0.15) is 17.9 Å². The Morgan fingerprint density at radius 3 is 2.20 bits per heavy atom. The number of likely N-dealkylation sites (tertiary alicyclic amines) is 1. The zero-order valence-electron chi connectivity index (χ0n) is 31.8. The van der Waals surface area contributed by atoms with Crippen LogP contribution in [-0.2, 0) is 35.2 Å². The van der Waals surface area contributed by atoms with Gasteiger partial charge in [-0.3, -0.25) is 38.5 Å². The molecule has 0 radical (unpaired) electrons. The Bertz CT molecular complexity index is 1670. The van der Waals surface area contributed by atoms with Crippen LogP contribution >= 0.6 is 0 Å². The van der Waals surface area contributed by atoms with Gasteiger partial charge in [-0.05, 0) is 49.0 Å². The number of ketones is 4. The summed E-state index contributed by atoms with van der Waals surface area (Å²) in [5.41, 5.74) is 0.827. The highest BCUT2D eigenvalue weighted by Crippen LogP contribution is 2.45. The van der Waals surface area contributed by atoms with Crippen molar-refractivity contribution in [3.63, 3.8) is 0 Å². The van der Waals surface area contributed by atoms with E-state index in [2.05, 4.69) is 15.3 Å². The van der Waals surface area contributed by atoms with Crippen molar-refractivity contribution in [2.45, 2.75) is 104 Å². The number of carbonyl (C=O) groups is 7. The number of carboxylic acid groups (broad SMARTS) is 1. The number of alkyl halides is 1. The van der Waals surface area contributed by atoms with Gasteiger partial charge in [-0.2, -0.15) is 0 Å². The summed E-state index contributed by atoms with van der Waals surface area (Å²) >= 11 is 0. The van der Waals surface area contributed by atoms with Crippen molar-refractivity contribution in [3.8, 4) is 0 Å². The van der Waals surface area contributed by atoms with Crippen LogP contribution in [0, 0.1) is 41.4 Å². The molecule has 0 spiro atoms. The standard InChI is InChI=1S/C41H53FN4O8/c1-6-10-26(38(50)35(49)19-27(41(53)54)17-25-11-8-7-9-12-25)18-34(48)37-28-13-14-31(42)30(28)22-46(37)40(52)36(24(4)5)45-39(51)29(23(2)3)20-33(47)32-21-43-15-16-44-32/h7-9,11-12,15-16,21,23-24,26-31,36-37H,6,10,13-14,17-20,22H2,1-5H3,(H,45,51)(H,53,54)/t26?,27-,28+,29-,30+,31+,36+,37+/m1/s1. The molecule has 12 nitrogen and oxygen atoms in total. The number of nitrogens with one attached hydrogen (secondary N) is 1. The van der Waals surface area contributed by atoms with E-state index in [0.717, 1.165) is 0 Å². The molecule has 2 amide bonds. The topological polar surface area (TPSA) is 181 Å². The first-order chi connectivity index (χ1) is 25.6. The van der Waals surface area contributed by atoms with Gasteiger partial charge in [-0.1, -0.05) is 71.4 Å². The zero-order chi connectivity index (χ0) is 39.7. The molecule has 2 N–H and O–H groups in total. The lowest BCUT2D eigenvalue weighted by Crippen LogP contribution is -2.56. The highest BCUT2D eigenvalue weighted by Gasteiger charge is 2.54. The van der Waals surface area contributed by atoms with Crippen LogP contribution in [0.25, 0.3) is 0 Å². The van der Waals surface area contributed by atoms with E-state index in [4.69, 9.17) is 0 Å². The van der Waals surface area contributed by atoms with Gasteiger partial charge in [0.2, 0.25) is 17.6 Å². The third-order valence-electron chi connectivity index (χ3n) is 11.0. The molecule has 0 bridgehead atoms. The minimum absolute atomic E-state index is 0.0377. The Morgan fingerprint density at radius 2 is 1.61 bits per heavy atom. The molecule has 4 rings (SSSR count). The van der Waals surface area contributed by atoms with E-state index in [-0.39, 0.29) is 56.0 Å². The maximum atomic E-state index is 15.2. The summed E-state index contributed by atoms with van der Waals surface area (Å²) in [4.78, 5) is 104. The van der Waals surface area contributed by atoms with Crippen molar-refractivity contribution in [1.29, 1.82) is 0 Å². The zero-order valence-corrected chi connectivity index (χ0v) is 31.8. The van der Waals surface area contributed by atoms with Crippen molar-refractivity contribution in [3.05, 3.63) is 60.2 Å². The van der Waals surface area contributed by atoms with E-state index in [0.29, 0.717) is 18.4 Å². The monoisotopic (exact) mass is 748 g/mol. The fraction of sp³-hybridized carbons (Fsp3) is 0.585. The van der Waals surface area contributed by atoms with Crippen molar-refractivity contribution in [1.82, 2.24) is 20.2 Å². The SMILES string of the molecule is CCCC(CC(=O)[C@@H]1[C@H]2CC[C@H](F)[C@H]2CN1C(=O)[C@@H](NC(=O)[C@H](CC(=O)c1cnccn1)C(C)C)C(C)C)C(=O)C(=O)C[C@@H](Cc1ccccc1)C(=O)O. The first-order valence-corrected chi connectivity index (χ1v) is 19.0. The van der Waals surface area contributed by atoms with Gasteiger partial charge in [-0.15, -0.1) is 0 Å². The number of hydrogen-bond donors (Lipinski definition) is 2. The first-order valence-electron chi connectivity index (χ1n) is 19.0. The lowest BCUT2D eigenvalue weighted by molar-refractivity contribution is -0.147. The van der Waals surface area contributed by atoms with Crippen LogP contribution in [0.4, 0.5) is 4.39 Å². The van der Waals surface area contributed by atoms with E-state index < -0.39 is 95.3 Å². The van der Waals surface area contributed by atoms with Gasteiger partial charge in [-0.25, -0.2) is 9.37 Å². The van der Waals surface area contributed by atoms with Gasteiger partial charge >= 0.3 is 5.97 Å². The molecule has 1 unspecified atom stereocenters. The number of nitrogens with zero attached hydrogens (tertiary/aromatic N) is 3. The number of rotatable bonds is 20. The van der Waals surface area contributed by atoms with E-state index in [1.807, 2.05) is 0 Å². The number of Topliss-reactive ketones (excluding diaryl/α,β-unsaturated/α-hetero) is 4. The van der Waals surface area contributed by atoms with Crippen molar-refractivity contribution >= 4 is 40.9 Å². The summed E-state index contributed by atoms with van der Waals surface area (Å²) in [5, 5.41) is 12.7. The Balaban J connectivity index is 1.52. The second-order valence-electron chi connectivity index (χ2n) is 15.5. The van der Waals surface area contributed by atoms with Crippen LogP contribution in [0.5, 0.6) is 0 Å². The van der Waals surface area contributed by atoms with Crippen LogP contribution in [0.1, 0.15) is 95.6 Å². The second-order valence-corrected chi connectivity index (χ2v) is 15.5. The lowest BCUT2D eigenvalue weighted by Gasteiger charge is -2.33. The molecule has 1 aliphatic carbocycles. The van der Waals surface area contributed by atoms with Crippen molar-refractivity contribution in [2.75, 3.05) is 6.54 Å². The van der Waals surface area contributed by atoms with Crippen molar-refractivity contribution < 1.29 is 43.1 Å². The summed E-state index contributed by atoms with van der Waals surface area (Å²) in [6.07, 6.45) is 3.18. The maximum absolute atomic E-state index is 15.2. The lowest BCUT2D eigenvalue weighted by atomic mass is 9.83. The van der Waals surface area contributed by atoms with E-state index in [1.54, 1.807) is 65.0 Å². The number of benzene rings is 1. The minimum Gasteiger partial charge on any atom is -0.481 e. The highest BCUT2D eigenvalue weighted by molar-refractivity contribution is 6.38. The molecule has 54 heavy (non-hydrogen) atoms. The fourth-order valence-electron chi connectivity index (χ4n) is 7.97. The van der Waals surface area contributed by atoms with Crippen LogP contribution in [0.2, 0.25) is 0 Å². The maximum Gasteiger partial charge on any atom is 0.307 e. The number of fused-ring (bicyclic) bond motifs is 1. The van der Waals surface area contributed by atoms with Crippen LogP contribution in [-0.4, -0.2) is 85.7 Å². The molecule has 2 aliphatic rings. The molecule has 8 atom stereocenters. The van der Waals surface area contributed by atoms with Gasteiger partial charge in [0, 0.05) is 56.0 Å². The number of carbonyl (C=O) groups excluding carboxylic acids is 6. The third kappa shape index (κ3) is 10.3. The molecule has 1 saturated heterocycles. The predicted molar refractivity (Wildman–Crippen MR) is 197 cm³/mol. The molecule has 2 fully saturated rings. The quantitative estimate of drug-likeness (QED) is 0.140. The average molecular weight is 749 g/mol. The molecule has 2 aromatic rings. The summed E-state index contributed by atoms with van der Waals surface area (Å²) < 4.78 is 15.2. The minimum atomic E-state index is -1.24. The van der Waals surface area contributed by atoms with E-state index in [1.165, 1.54) is 23.5 Å². The molecular weight excluding hydrogens is 695 g/mol. The van der Waals surface area contributed by atoms with E-state index >= 15 is 4.39 Å². The fourth-order valence-corrected chi connectivity index (χ4v) is 7.97. The molecule has 1 saturated carbocycles. The van der Waals surface area contributed by atoms with Crippen LogP contribution in [0.15, 0.2) is 48.9 Å².